The molecule has 0 fully saturated rings. The molecule has 0 saturated heterocycles. The van der Waals surface area contributed by atoms with Crippen molar-refractivity contribution in [1.29, 1.82) is 5.41 Å². The second kappa shape index (κ2) is 6.16. The van der Waals surface area contributed by atoms with Gasteiger partial charge in [0.15, 0.2) is 5.84 Å². The molecular formula is C13H20N4. The lowest BCUT2D eigenvalue weighted by atomic mass is 9.97. The summed E-state index contributed by atoms with van der Waals surface area (Å²) < 4.78 is 0. The van der Waals surface area contributed by atoms with Gasteiger partial charge in [0, 0.05) is 18.1 Å². The molecule has 0 bridgehead atoms. The number of amidine groups is 1. The molecule has 0 atom stereocenters. The molecule has 0 amide bonds. The Bertz CT molecular complexity index is 421. The van der Waals surface area contributed by atoms with Gasteiger partial charge >= 0.3 is 0 Å². The molecular weight excluding hydrogens is 212 g/mol. The first-order chi connectivity index (χ1) is 8.07. The fourth-order valence-corrected chi connectivity index (χ4v) is 1.64. The number of nitrogens with one attached hydrogen (secondary N) is 2. The quantitative estimate of drug-likeness (QED) is 0.719. The first-order valence-corrected chi connectivity index (χ1v) is 5.96. The zero-order valence-electron chi connectivity index (χ0n) is 11.0. The number of hydrogen-bond acceptors (Lipinski definition) is 3. The van der Waals surface area contributed by atoms with Crippen LogP contribution < -0.4 is 5.32 Å². The SMILES string of the molecule is CCCN=C(C1=C(C)NC=C=NC1=N)C(C)C. The topological polar surface area (TPSA) is 60.6 Å². The highest BCUT2D eigenvalue weighted by Gasteiger charge is 2.19. The fraction of sp³-hybridized carbons (Fsp3) is 0.538. The van der Waals surface area contributed by atoms with Crippen molar-refractivity contribution in [3.63, 3.8) is 0 Å². The van der Waals surface area contributed by atoms with E-state index in [1.807, 2.05) is 6.92 Å². The molecule has 1 rings (SSSR count). The van der Waals surface area contributed by atoms with Crippen LogP contribution >= 0.6 is 0 Å². The van der Waals surface area contributed by atoms with E-state index in [0.29, 0.717) is 0 Å². The van der Waals surface area contributed by atoms with Crippen molar-refractivity contribution in [3.8, 4) is 0 Å². The maximum Gasteiger partial charge on any atom is 0.165 e. The predicted octanol–water partition coefficient (Wildman–Crippen LogP) is 2.53. The summed E-state index contributed by atoms with van der Waals surface area (Å²) in [7, 11) is 0. The molecule has 0 aromatic carbocycles. The molecule has 2 N–H and O–H groups in total. The molecule has 0 aromatic rings. The Hall–Kier alpha value is -1.67. The molecule has 0 unspecified atom stereocenters. The van der Waals surface area contributed by atoms with E-state index in [2.05, 4.69) is 41.9 Å². The van der Waals surface area contributed by atoms with E-state index >= 15 is 0 Å². The van der Waals surface area contributed by atoms with Crippen molar-refractivity contribution < 1.29 is 0 Å². The molecule has 1 heterocycles. The van der Waals surface area contributed by atoms with Gasteiger partial charge in [0.2, 0.25) is 0 Å². The van der Waals surface area contributed by atoms with Crippen molar-refractivity contribution in [2.24, 2.45) is 15.9 Å². The highest BCUT2D eigenvalue weighted by molar-refractivity contribution is 6.25. The number of rotatable bonds is 4. The lowest BCUT2D eigenvalue weighted by molar-refractivity contribution is 0.850. The van der Waals surface area contributed by atoms with Crippen molar-refractivity contribution in [1.82, 2.24) is 5.32 Å². The average molecular weight is 232 g/mol. The van der Waals surface area contributed by atoms with Gasteiger partial charge in [-0.2, -0.15) is 4.99 Å². The maximum atomic E-state index is 7.95. The van der Waals surface area contributed by atoms with Crippen molar-refractivity contribution >= 4 is 17.4 Å². The van der Waals surface area contributed by atoms with E-state index in [1.54, 1.807) is 6.20 Å². The predicted molar refractivity (Wildman–Crippen MR) is 73.0 cm³/mol. The van der Waals surface area contributed by atoms with Gasteiger partial charge in [0.05, 0.1) is 17.5 Å². The highest BCUT2D eigenvalue weighted by atomic mass is 14.9. The standard InChI is InChI=1S/C13H20N4/c1-5-6-16-12(9(2)3)11-10(4)15-7-8-17-13(11)14/h7,9,14-15H,5-6H2,1-4H3. The molecule has 0 saturated carbocycles. The van der Waals surface area contributed by atoms with E-state index in [9.17, 15) is 0 Å². The smallest absolute Gasteiger partial charge is 0.165 e. The molecule has 4 heteroatoms. The minimum atomic E-state index is 0.229. The van der Waals surface area contributed by atoms with Crippen LogP contribution in [0.3, 0.4) is 0 Å². The summed E-state index contributed by atoms with van der Waals surface area (Å²) in [5.74, 6) is 3.18. The van der Waals surface area contributed by atoms with Crippen LogP contribution in [0.4, 0.5) is 0 Å². The Morgan fingerprint density at radius 2 is 2.29 bits per heavy atom. The third kappa shape index (κ3) is 3.40. The Morgan fingerprint density at radius 3 is 2.88 bits per heavy atom. The zero-order chi connectivity index (χ0) is 12.8. The highest BCUT2D eigenvalue weighted by Crippen LogP contribution is 2.15. The minimum absolute atomic E-state index is 0.229. The van der Waals surface area contributed by atoms with Gasteiger partial charge in [-0.05, 0) is 19.3 Å². The maximum absolute atomic E-state index is 7.95. The van der Waals surface area contributed by atoms with Crippen LogP contribution in [0.1, 0.15) is 34.1 Å². The van der Waals surface area contributed by atoms with Crippen LogP contribution in [-0.4, -0.2) is 24.0 Å². The Morgan fingerprint density at radius 1 is 1.59 bits per heavy atom. The first kappa shape index (κ1) is 13.4. The van der Waals surface area contributed by atoms with E-state index in [-0.39, 0.29) is 11.8 Å². The Balaban J connectivity index is 3.17. The molecule has 0 aliphatic carbocycles. The normalized spacial score (nSPS) is 16.5. The van der Waals surface area contributed by atoms with E-state index in [0.717, 1.165) is 29.9 Å². The summed E-state index contributed by atoms with van der Waals surface area (Å²) in [5.41, 5.74) is 2.66. The average Bonchev–Trinajstić information content (AvgIpc) is 2.43. The van der Waals surface area contributed by atoms with Crippen LogP contribution in [0.5, 0.6) is 0 Å². The number of aliphatic imine (C=N–C) groups is 2. The summed E-state index contributed by atoms with van der Waals surface area (Å²) in [6.07, 6.45) is 2.62. The van der Waals surface area contributed by atoms with Gasteiger partial charge in [-0.15, -0.1) is 0 Å². The van der Waals surface area contributed by atoms with Crippen LogP contribution in [-0.2, 0) is 0 Å². The molecule has 0 aromatic heterocycles. The minimum Gasteiger partial charge on any atom is -0.357 e. The van der Waals surface area contributed by atoms with E-state index in [1.165, 1.54) is 0 Å². The van der Waals surface area contributed by atoms with Crippen LogP contribution in [0.15, 0.2) is 27.5 Å². The number of allylic oxidation sites excluding steroid dienone is 1. The fourth-order valence-electron chi connectivity index (χ4n) is 1.64. The third-order valence-electron chi connectivity index (χ3n) is 2.45. The summed E-state index contributed by atoms with van der Waals surface area (Å²) in [6.45, 7) is 8.99. The monoisotopic (exact) mass is 232 g/mol. The summed E-state index contributed by atoms with van der Waals surface area (Å²) in [5, 5.41) is 11.0. The van der Waals surface area contributed by atoms with Gasteiger partial charge in [-0.3, -0.25) is 10.4 Å². The molecule has 0 radical (unpaired) electrons. The second-order valence-corrected chi connectivity index (χ2v) is 4.30. The van der Waals surface area contributed by atoms with Gasteiger partial charge < -0.3 is 5.32 Å². The molecule has 1 aliphatic heterocycles. The molecule has 4 nitrogen and oxygen atoms in total. The van der Waals surface area contributed by atoms with Crippen molar-refractivity contribution in [2.45, 2.75) is 34.1 Å². The van der Waals surface area contributed by atoms with E-state index in [4.69, 9.17) is 5.41 Å². The molecule has 17 heavy (non-hydrogen) atoms. The third-order valence-corrected chi connectivity index (χ3v) is 2.45. The van der Waals surface area contributed by atoms with Gasteiger partial charge in [-0.25, -0.2) is 0 Å². The zero-order valence-corrected chi connectivity index (χ0v) is 11.0. The summed E-state index contributed by atoms with van der Waals surface area (Å²) in [4.78, 5) is 8.53. The Kier molecular flexibility index (Phi) is 4.85. The Labute approximate surface area is 103 Å². The van der Waals surface area contributed by atoms with Crippen LogP contribution in [0, 0.1) is 11.3 Å². The summed E-state index contributed by atoms with van der Waals surface area (Å²) >= 11 is 0. The van der Waals surface area contributed by atoms with Crippen molar-refractivity contribution in [2.75, 3.05) is 6.54 Å². The van der Waals surface area contributed by atoms with Gasteiger partial charge in [-0.1, -0.05) is 20.8 Å². The second-order valence-electron chi connectivity index (χ2n) is 4.30. The molecule has 0 spiro atoms. The molecule has 92 valence electrons. The lowest BCUT2D eigenvalue weighted by Crippen LogP contribution is -2.21. The summed E-state index contributed by atoms with van der Waals surface area (Å²) in [6, 6.07) is 0. The van der Waals surface area contributed by atoms with Crippen LogP contribution in [0.2, 0.25) is 0 Å². The number of hydrogen-bond donors (Lipinski definition) is 2. The lowest BCUT2D eigenvalue weighted by Gasteiger charge is -2.15. The van der Waals surface area contributed by atoms with E-state index < -0.39 is 0 Å². The van der Waals surface area contributed by atoms with Gasteiger partial charge in [0.25, 0.3) is 0 Å². The molecule has 1 aliphatic rings. The van der Waals surface area contributed by atoms with Crippen molar-refractivity contribution in [3.05, 3.63) is 17.5 Å². The largest absolute Gasteiger partial charge is 0.357 e. The van der Waals surface area contributed by atoms with Gasteiger partial charge in [0.1, 0.15) is 0 Å². The van der Waals surface area contributed by atoms with Crippen LogP contribution in [0.25, 0.3) is 0 Å². The first-order valence-electron chi connectivity index (χ1n) is 5.96. The number of nitrogens with zero attached hydrogens (tertiary/aromatic N) is 2.